The minimum Gasteiger partial charge on any atom is -0.493 e. The molecule has 1 saturated carbocycles. The van der Waals surface area contributed by atoms with E-state index in [1.165, 1.54) is 25.7 Å². The van der Waals surface area contributed by atoms with Crippen LogP contribution in [-0.2, 0) is 0 Å². The van der Waals surface area contributed by atoms with Gasteiger partial charge in [0, 0.05) is 17.2 Å². The van der Waals surface area contributed by atoms with Crippen molar-refractivity contribution in [2.45, 2.75) is 51.5 Å². The van der Waals surface area contributed by atoms with Crippen LogP contribution in [0.3, 0.4) is 0 Å². The molecule has 0 heterocycles. The first-order valence-electron chi connectivity index (χ1n) is 10.3. The molecule has 1 N–H and O–H groups in total. The largest absolute Gasteiger partial charge is 0.493 e. The van der Waals surface area contributed by atoms with Gasteiger partial charge in [0.25, 0.3) is 5.91 Å². The van der Waals surface area contributed by atoms with Gasteiger partial charge < -0.3 is 14.8 Å². The second kappa shape index (κ2) is 9.63. The number of carbonyl (C=O) groups is 1. The molecule has 1 amide bonds. The molecule has 0 saturated heterocycles. The molecule has 3 rings (SSSR count). The predicted molar refractivity (Wildman–Crippen MR) is 113 cm³/mol. The molecule has 2 unspecified atom stereocenters. The molecule has 0 bridgehead atoms. The molecule has 150 valence electrons. The number of carbonyl (C=O) groups excluding carboxylic acids is 1. The highest BCUT2D eigenvalue weighted by Crippen LogP contribution is 2.38. The Hall–Kier alpha value is -2.49. The van der Waals surface area contributed by atoms with Crippen LogP contribution in [0.5, 0.6) is 11.5 Å². The number of rotatable bonds is 6. The third-order valence-electron chi connectivity index (χ3n) is 5.84. The summed E-state index contributed by atoms with van der Waals surface area (Å²) in [5.74, 6) is 2.17. The van der Waals surface area contributed by atoms with Gasteiger partial charge in [0.1, 0.15) is 0 Å². The van der Waals surface area contributed by atoms with Crippen molar-refractivity contribution in [3.8, 4) is 22.6 Å². The zero-order chi connectivity index (χ0) is 19.9. The fraction of sp³-hybridized carbons (Fsp3) is 0.458. The lowest BCUT2D eigenvalue weighted by molar-refractivity contribution is 0.0933. The van der Waals surface area contributed by atoms with E-state index in [0.717, 1.165) is 29.9 Å². The summed E-state index contributed by atoms with van der Waals surface area (Å²) in [6.07, 6.45) is 7.09. The molecule has 2 aromatic carbocycles. The van der Waals surface area contributed by atoms with Gasteiger partial charge in [-0.25, -0.2) is 0 Å². The molecule has 4 heteroatoms. The topological polar surface area (TPSA) is 47.6 Å². The van der Waals surface area contributed by atoms with Gasteiger partial charge in [-0.1, -0.05) is 50.5 Å². The molecule has 0 aromatic heterocycles. The van der Waals surface area contributed by atoms with Crippen molar-refractivity contribution < 1.29 is 14.3 Å². The first kappa shape index (κ1) is 20.2. The lowest BCUT2D eigenvalue weighted by atomic mass is 9.97. The van der Waals surface area contributed by atoms with Crippen LogP contribution in [0, 0.1) is 5.92 Å². The van der Waals surface area contributed by atoms with E-state index < -0.39 is 0 Å². The van der Waals surface area contributed by atoms with Gasteiger partial charge in [0.05, 0.1) is 14.2 Å². The van der Waals surface area contributed by atoms with E-state index in [1.54, 1.807) is 14.2 Å². The van der Waals surface area contributed by atoms with Gasteiger partial charge >= 0.3 is 0 Å². The number of hydrogen-bond donors (Lipinski definition) is 1. The van der Waals surface area contributed by atoms with Crippen LogP contribution in [0.4, 0.5) is 0 Å². The number of benzene rings is 2. The van der Waals surface area contributed by atoms with Crippen LogP contribution >= 0.6 is 0 Å². The normalized spacial score (nSPS) is 19.5. The smallest absolute Gasteiger partial charge is 0.251 e. The van der Waals surface area contributed by atoms with Gasteiger partial charge in [-0.05, 0) is 48.9 Å². The fourth-order valence-corrected chi connectivity index (χ4v) is 4.14. The van der Waals surface area contributed by atoms with E-state index in [2.05, 4.69) is 12.2 Å². The van der Waals surface area contributed by atoms with E-state index >= 15 is 0 Å². The Labute approximate surface area is 168 Å². The molecule has 0 spiro atoms. The van der Waals surface area contributed by atoms with Gasteiger partial charge in [0.2, 0.25) is 0 Å². The maximum absolute atomic E-state index is 12.9. The number of hydrogen-bond acceptors (Lipinski definition) is 3. The highest BCUT2D eigenvalue weighted by molar-refractivity contribution is 5.96. The van der Waals surface area contributed by atoms with E-state index in [1.807, 2.05) is 42.5 Å². The highest BCUT2D eigenvalue weighted by Gasteiger charge is 2.20. The Balaban J connectivity index is 1.77. The van der Waals surface area contributed by atoms with Gasteiger partial charge in [-0.3, -0.25) is 4.79 Å². The maximum Gasteiger partial charge on any atom is 0.251 e. The molecule has 28 heavy (non-hydrogen) atoms. The Kier molecular flexibility index (Phi) is 6.96. The Morgan fingerprint density at radius 1 is 1.04 bits per heavy atom. The van der Waals surface area contributed by atoms with Crippen molar-refractivity contribution in [3.05, 3.63) is 48.0 Å². The van der Waals surface area contributed by atoms with Crippen molar-refractivity contribution in [1.82, 2.24) is 5.32 Å². The fourth-order valence-electron chi connectivity index (χ4n) is 4.14. The van der Waals surface area contributed by atoms with E-state index in [0.29, 0.717) is 17.1 Å². The standard InChI is InChI=1S/C24H31NO3/c1-4-17-8-5-11-20(15-14-17)25-24(26)19-10-6-9-18(16-19)21-12-7-13-22(27-2)23(21)28-3/h6-7,9-10,12-13,16-17,20H,4-5,8,11,14-15H2,1-3H3,(H,25,26). The highest BCUT2D eigenvalue weighted by atomic mass is 16.5. The molecule has 1 aliphatic carbocycles. The number of nitrogens with one attached hydrogen (secondary N) is 1. The van der Waals surface area contributed by atoms with Crippen LogP contribution in [0.25, 0.3) is 11.1 Å². The predicted octanol–water partition coefficient (Wildman–Crippen LogP) is 5.46. The summed E-state index contributed by atoms with van der Waals surface area (Å²) < 4.78 is 11.0. The van der Waals surface area contributed by atoms with Crippen LogP contribution in [-0.4, -0.2) is 26.2 Å². The number of methoxy groups -OCH3 is 2. The second-order valence-corrected chi connectivity index (χ2v) is 7.57. The third kappa shape index (κ3) is 4.67. The maximum atomic E-state index is 12.9. The number of amides is 1. The molecule has 2 atom stereocenters. The zero-order valence-electron chi connectivity index (χ0n) is 17.2. The van der Waals surface area contributed by atoms with Crippen LogP contribution < -0.4 is 14.8 Å². The summed E-state index contributed by atoms with van der Waals surface area (Å²) in [5, 5.41) is 3.25. The lowest BCUT2D eigenvalue weighted by Gasteiger charge is -2.17. The molecular formula is C24H31NO3. The van der Waals surface area contributed by atoms with E-state index in [-0.39, 0.29) is 11.9 Å². The third-order valence-corrected chi connectivity index (χ3v) is 5.84. The molecule has 2 aromatic rings. The lowest BCUT2D eigenvalue weighted by Crippen LogP contribution is -2.34. The minimum absolute atomic E-state index is 0.00339. The first-order chi connectivity index (χ1) is 13.7. The average molecular weight is 382 g/mol. The minimum atomic E-state index is 0.00339. The van der Waals surface area contributed by atoms with Crippen molar-refractivity contribution in [1.29, 1.82) is 0 Å². The Morgan fingerprint density at radius 2 is 1.86 bits per heavy atom. The summed E-state index contributed by atoms with van der Waals surface area (Å²) in [6.45, 7) is 2.27. The molecule has 1 fully saturated rings. The van der Waals surface area contributed by atoms with Gasteiger partial charge in [-0.15, -0.1) is 0 Å². The van der Waals surface area contributed by atoms with Crippen molar-refractivity contribution >= 4 is 5.91 Å². The summed E-state index contributed by atoms with van der Waals surface area (Å²) in [7, 11) is 3.26. The Morgan fingerprint density at radius 3 is 2.61 bits per heavy atom. The molecular weight excluding hydrogens is 350 g/mol. The van der Waals surface area contributed by atoms with E-state index in [4.69, 9.17) is 9.47 Å². The van der Waals surface area contributed by atoms with Gasteiger partial charge in [0.15, 0.2) is 11.5 Å². The Bertz CT molecular complexity index is 802. The first-order valence-corrected chi connectivity index (χ1v) is 10.3. The quantitative estimate of drug-likeness (QED) is 0.676. The summed E-state index contributed by atoms with van der Waals surface area (Å²) in [4.78, 5) is 12.9. The number of para-hydroxylation sites is 1. The second-order valence-electron chi connectivity index (χ2n) is 7.57. The molecule has 0 aliphatic heterocycles. The monoisotopic (exact) mass is 381 g/mol. The van der Waals surface area contributed by atoms with Crippen LogP contribution in [0.1, 0.15) is 55.8 Å². The summed E-state index contributed by atoms with van der Waals surface area (Å²) >= 11 is 0. The van der Waals surface area contributed by atoms with E-state index in [9.17, 15) is 4.79 Å². The summed E-state index contributed by atoms with van der Waals surface area (Å²) in [5.41, 5.74) is 2.53. The number of ether oxygens (including phenoxy) is 2. The van der Waals surface area contributed by atoms with Crippen molar-refractivity contribution in [3.63, 3.8) is 0 Å². The van der Waals surface area contributed by atoms with Crippen molar-refractivity contribution in [2.75, 3.05) is 14.2 Å². The summed E-state index contributed by atoms with van der Waals surface area (Å²) in [6, 6.07) is 13.8. The van der Waals surface area contributed by atoms with Crippen LogP contribution in [0.15, 0.2) is 42.5 Å². The molecule has 0 radical (unpaired) electrons. The zero-order valence-corrected chi connectivity index (χ0v) is 17.2. The average Bonchev–Trinajstić information content (AvgIpc) is 2.98. The molecule has 1 aliphatic rings. The SMILES string of the molecule is CCC1CCCC(NC(=O)c2cccc(-c3cccc(OC)c3OC)c2)CC1. The van der Waals surface area contributed by atoms with Gasteiger partial charge in [-0.2, -0.15) is 0 Å². The van der Waals surface area contributed by atoms with Crippen molar-refractivity contribution in [2.24, 2.45) is 5.92 Å². The van der Waals surface area contributed by atoms with Crippen LogP contribution in [0.2, 0.25) is 0 Å². The molecule has 4 nitrogen and oxygen atoms in total.